The van der Waals surface area contributed by atoms with E-state index in [0.717, 1.165) is 18.5 Å². The van der Waals surface area contributed by atoms with E-state index in [4.69, 9.17) is 4.98 Å². The second kappa shape index (κ2) is 11.5. The summed E-state index contributed by atoms with van der Waals surface area (Å²) in [5.41, 5.74) is 11.5. The minimum atomic E-state index is 0.144. The molecule has 0 bridgehead atoms. The van der Waals surface area contributed by atoms with Crippen molar-refractivity contribution in [1.29, 1.82) is 0 Å². The number of fused-ring (bicyclic) bond motifs is 12. The highest BCUT2D eigenvalue weighted by atomic mass is 32.1. The van der Waals surface area contributed by atoms with E-state index in [0.29, 0.717) is 5.92 Å². The topological polar surface area (TPSA) is 29.9 Å². The van der Waals surface area contributed by atoms with Crippen molar-refractivity contribution < 1.29 is 0 Å². The number of allylic oxidation sites excluding steroid dienone is 1. The van der Waals surface area contributed by atoms with Gasteiger partial charge in [-0.3, -0.25) is 10.3 Å². The Morgan fingerprint density at radius 2 is 1.60 bits per heavy atom. The van der Waals surface area contributed by atoms with Crippen LogP contribution in [-0.2, 0) is 6.42 Å². The SMILES string of the molecule is C1=Cc2c(c3ccccc3n2-c2ccc3c(c2)sc2cccc(-c4ccc5sc6cc(C7C=CC8C=Cc9cccnc9C8N7)ccc6c5c4)c23)CC1. The first-order valence-corrected chi connectivity index (χ1v) is 20.2. The Morgan fingerprint density at radius 1 is 0.679 bits per heavy atom. The molecule has 4 aromatic heterocycles. The van der Waals surface area contributed by atoms with Crippen LogP contribution in [0.25, 0.3) is 80.2 Å². The first kappa shape index (κ1) is 29.9. The molecule has 1 N–H and O–H groups in total. The lowest BCUT2D eigenvalue weighted by Gasteiger charge is -2.34. The summed E-state index contributed by atoms with van der Waals surface area (Å²) in [4.78, 5) is 4.77. The minimum Gasteiger partial charge on any atom is -0.310 e. The normalized spacial score (nSPS) is 19.1. The van der Waals surface area contributed by atoms with Crippen molar-refractivity contribution in [2.45, 2.75) is 24.9 Å². The molecule has 0 saturated heterocycles. The Labute approximate surface area is 314 Å². The van der Waals surface area contributed by atoms with Gasteiger partial charge in [-0.15, -0.1) is 22.7 Å². The molecular weight excluding hydrogens is 683 g/mol. The lowest BCUT2D eigenvalue weighted by atomic mass is 9.83. The van der Waals surface area contributed by atoms with Crippen LogP contribution in [0, 0.1) is 5.92 Å². The van der Waals surface area contributed by atoms with E-state index in [2.05, 4.69) is 149 Å². The lowest BCUT2D eigenvalue weighted by Crippen LogP contribution is -2.35. The number of benzene rings is 5. The zero-order chi connectivity index (χ0) is 34.6. The van der Waals surface area contributed by atoms with E-state index >= 15 is 0 Å². The second-order valence-corrected chi connectivity index (χ2v) is 16.8. The first-order valence-electron chi connectivity index (χ1n) is 18.5. The van der Waals surface area contributed by atoms with Crippen molar-refractivity contribution in [2.75, 3.05) is 0 Å². The third kappa shape index (κ3) is 4.51. The maximum absolute atomic E-state index is 4.77. The molecular formula is C48H33N3S2. The number of pyridine rings is 1. The van der Waals surface area contributed by atoms with Crippen molar-refractivity contribution in [2.24, 2.45) is 5.92 Å². The zero-order valence-corrected chi connectivity index (χ0v) is 30.4. The van der Waals surface area contributed by atoms with Gasteiger partial charge >= 0.3 is 0 Å². The maximum Gasteiger partial charge on any atom is 0.0654 e. The molecule has 3 unspecified atom stereocenters. The van der Waals surface area contributed by atoms with Crippen LogP contribution in [0.2, 0.25) is 0 Å². The smallest absolute Gasteiger partial charge is 0.0654 e. The molecule has 0 spiro atoms. The van der Waals surface area contributed by atoms with Crippen molar-refractivity contribution >= 4 is 86.1 Å². The van der Waals surface area contributed by atoms with Crippen LogP contribution in [0.3, 0.4) is 0 Å². The van der Waals surface area contributed by atoms with Gasteiger partial charge in [0.2, 0.25) is 0 Å². The summed E-state index contributed by atoms with van der Waals surface area (Å²) in [5.74, 6) is 0.328. The van der Waals surface area contributed by atoms with Crippen molar-refractivity contribution in [3.63, 3.8) is 0 Å². The summed E-state index contributed by atoms with van der Waals surface area (Å²) in [6.45, 7) is 0. The summed E-state index contributed by atoms with van der Waals surface area (Å²) in [7, 11) is 0. The molecule has 1 aliphatic heterocycles. The molecule has 0 radical (unpaired) electrons. The van der Waals surface area contributed by atoms with Crippen LogP contribution in [-0.4, -0.2) is 9.55 Å². The molecule has 12 rings (SSSR count). The summed E-state index contributed by atoms with van der Waals surface area (Å²) in [6, 6.07) is 41.4. The highest BCUT2D eigenvalue weighted by molar-refractivity contribution is 7.26. The molecule has 3 nitrogen and oxygen atoms in total. The molecule has 252 valence electrons. The Morgan fingerprint density at radius 3 is 2.60 bits per heavy atom. The van der Waals surface area contributed by atoms with Crippen LogP contribution >= 0.6 is 22.7 Å². The number of hydrogen-bond donors (Lipinski definition) is 1. The third-order valence-corrected chi connectivity index (χ3v) is 13.9. The van der Waals surface area contributed by atoms with Crippen molar-refractivity contribution in [3.8, 4) is 16.8 Å². The fourth-order valence-electron chi connectivity index (χ4n) is 9.21. The predicted octanol–water partition coefficient (Wildman–Crippen LogP) is 13.0. The van der Waals surface area contributed by atoms with E-state index in [9.17, 15) is 0 Å². The number of aromatic nitrogens is 2. The van der Waals surface area contributed by atoms with Gasteiger partial charge in [-0.25, -0.2) is 0 Å². The number of rotatable bonds is 3. The summed E-state index contributed by atoms with van der Waals surface area (Å²) in [5, 5.41) is 10.6. The second-order valence-electron chi connectivity index (χ2n) is 14.6. The Balaban J connectivity index is 0.928. The van der Waals surface area contributed by atoms with Gasteiger partial charge in [0, 0.05) is 69.2 Å². The quantitative estimate of drug-likeness (QED) is 0.185. The van der Waals surface area contributed by atoms with Gasteiger partial charge in [0.05, 0.1) is 23.3 Å². The molecule has 0 amide bonds. The number of nitrogens with one attached hydrogen (secondary N) is 1. The minimum absolute atomic E-state index is 0.144. The number of thiophene rings is 2. The largest absolute Gasteiger partial charge is 0.310 e. The molecule has 53 heavy (non-hydrogen) atoms. The van der Waals surface area contributed by atoms with Gasteiger partial charge in [-0.05, 0) is 95.3 Å². The molecule has 9 aromatic rings. The van der Waals surface area contributed by atoms with Crippen molar-refractivity contribution in [3.05, 3.63) is 168 Å². The Bertz CT molecular complexity index is 3080. The number of aryl methyl sites for hydroxylation is 1. The standard InChI is InChI=1S/C48H33N3S2/c1-3-11-40-34(8-1)35-9-2-4-12-41(35)51(40)32-19-21-37-45(27-32)53-43-13-5-10-33(46(37)43)30-18-23-42-38(25-30)36-20-16-31(26-44(36)52-42)39-22-17-29-15-14-28-7-6-24-49-47(28)48(29)50-39/h1,3-8,10-27,29,39,48,50H,2,9H2. The van der Waals surface area contributed by atoms with Gasteiger partial charge < -0.3 is 4.57 Å². The van der Waals surface area contributed by atoms with E-state index in [1.54, 1.807) is 0 Å². The fraction of sp³-hybridized carbons (Fsp3) is 0.104. The molecule has 5 heterocycles. The van der Waals surface area contributed by atoms with Crippen molar-refractivity contribution in [1.82, 2.24) is 14.9 Å². The van der Waals surface area contributed by atoms with Gasteiger partial charge in [-0.2, -0.15) is 0 Å². The van der Waals surface area contributed by atoms with Crippen LogP contribution in [0.4, 0.5) is 0 Å². The van der Waals surface area contributed by atoms with Gasteiger partial charge in [0.25, 0.3) is 0 Å². The first-order chi connectivity index (χ1) is 26.2. The van der Waals surface area contributed by atoms with Crippen LogP contribution in [0.5, 0.6) is 0 Å². The maximum atomic E-state index is 4.77. The van der Waals surface area contributed by atoms with Gasteiger partial charge in [-0.1, -0.05) is 91.0 Å². The van der Waals surface area contributed by atoms with Crippen LogP contribution < -0.4 is 5.32 Å². The number of hydrogen-bond acceptors (Lipinski definition) is 4. The highest BCUT2D eigenvalue weighted by Crippen LogP contribution is 2.45. The van der Waals surface area contributed by atoms with Gasteiger partial charge in [0.15, 0.2) is 0 Å². The molecule has 5 aromatic carbocycles. The number of para-hydroxylation sites is 1. The van der Waals surface area contributed by atoms with E-state index in [1.807, 2.05) is 34.9 Å². The molecule has 3 aliphatic rings. The summed E-state index contributed by atoms with van der Waals surface area (Å²) < 4.78 is 7.77. The monoisotopic (exact) mass is 715 g/mol. The molecule has 2 aliphatic carbocycles. The van der Waals surface area contributed by atoms with Crippen LogP contribution in [0.1, 0.15) is 46.6 Å². The average Bonchev–Trinajstić information content (AvgIpc) is 3.89. The van der Waals surface area contributed by atoms with Gasteiger partial charge in [0.1, 0.15) is 0 Å². The molecule has 0 fully saturated rings. The molecule has 0 saturated carbocycles. The highest BCUT2D eigenvalue weighted by Gasteiger charge is 2.31. The summed E-state index contributed by atoms with van der Waals surface area (Å²) in [6.07, 6.45) is 17.9. The summed E-state index contributed by atoms with van der Waals surface area (Å²) >= 11 is 3.80. The average molecular weight is 716 g/mol. The zero-order valence-electron chi connectivity index (χ0n) is 28.8. The Kier molecular flexibility index (Phi) is 6.47. The molecule has 3 atom stereocenters. The van der Waals surface area contributed by atoms with E-state index in [-0.39, 0.29) is 12.1 Å². The van der Waals surface area contributed by atoms with E-state index < -0.39 is 0 Å². The van der Waals surface area contributed by atoms with Crippen LogP contribution in [0.15, 0.2) is 140 Å². The fourth-order valence-corrected chi connectivity index (χ4v) is 11.5. The third-order valence-electron chi connectivity index (χ3n) is 11.7. The lowest BCUT2D eigenvalue weighted by molar-refractivity contribution is 0.408. The predicted molar refractivity (Wildman–Crippen MR) is 226 cm³/mol. The number of nitrogens with zero attached hydrogens (tertiary/aromatic N) is 2. The Hall–Kier alpha value is -5.59. The van der Waals surface area contributed by atoms with E-state index in [1.165, 1.54) is 90.4 Å². The molecule has 5 heteroatoms.